The summed E-state index contributed by atoms with van der Waals surface area (Å²) in [5.74, 6) is -1.33. The summed E-state index contributed by atoms with van der Waals surface area (Å²) in [6, 6.07) is 11.2. The van der Waals surface area contributed by atoms with Gasteiger partial charge in [-0.3, -0.25) is 0 Å². The van der Waals surface area contributed by atoms with Gasteiger partial charge in [-0.15, -0.1) is 0 Å². The molecule has 0 aliphatic carbocycles. The van der Waals surface area contributed by atoms with E-state index in [2.05, 4.69) is 21.2 Å². The molecule has 0 saturated heterocycles. The number of halogens is 3. The van der Waals surface area contributed by atoms with Gasteiger partial charge in [0, 0.05) is 11.0 Å². The Morgan fingerprint density at radius 3 is 2.47 bits per heavy atom. The Bertz CT molecular complexity index is 627. The van der Waals surface area contributed by atoms with Crippen LogP contribution in [0.4, 0.5) is 14.5 Å². The van der Waals surface area contributed by atoms with E-state index in [4.69, 9.17) is 5.26 Å². The first-order chi connectivity index (χ1) is 9.10. The second-order valence-corrected chi connectivity index (χ2v) is 4.83. The van der Waals surface area contributed by atoms with Gasteiger partial charge >= 0.3 is 0 Å². The van der Waals surface area contributed by atoms with Crippen LogP contribution in [0.25, 0.3) is 0 Å². The fraction of sp³-hybridized carbons (Fsp3) is 0.0714. The van der Waals surface area contributed by atoms with Crippen molar-refractivity contribution >= 4 is 21.6 Å². The monoisotopic (exact) mass is 322 g/mol. The van der Waals surface area contributed by atoms with Gasteiger partial charge in [0.15, 0.2) is 0 Å². The number of nitrogens with one attached hydrogen (secondary N) is 1. The molecular weight excluding hydrogens is 314 g/mol. The molecule has 0 radical (unpaired) electrons. The summed E-state index contributed by atoms with van der Waals surface area (Å²) in [6.45, 7) is 0.241. The minimum absolute atomic E-state index is 0.175. The highest BCUT2D eigenvalue weighted by Crippen LogP contribution is 2.24. The maximum absolute atomic E-state index is 13.6. The molecule has 2 nitrogen and oxygen atoms in total. The lowest BCUT2D eigenvalue weighted by atomic mass is 10.1. The van der Waals surface area contributed by atoms with Gasteiger partial charge in [0.05, 0.1) is 11.6 Å². The van der Waals surface area contributed by atoms with E-state index in [1.165, 1.54) is 12.1 Å². The van der Waals surface area contributed by atoms with Crippen LogP contribution in [0.2, 0.25) is 0 Å². The topological polar surface area (TPSA) is 35.8 Å². The predicted octanol–water partition coefficient (Wildman–Crippen LogP) is 4.21. The summed E-state index contributed by atoms with van der Waals surface area (Å²) >= 11 is 3.02. The average molecular weight is 323 g/mol. The standard InChI is InChI=1S/C14H9BrF2N2/c15-11-5-12(16)14(13(17)6-11)19-8-10-3-1-2-9(4-10)7-18/h1-6,19H,8H2. The van der Waals surface area contributed by atoms with Gasteiger partial charge in [-0.25, -0.2) is 8.78 Å². The van der Waals surface area contributed by atoms with Gasteiger partial charge in [-0.05, 0) is 29.8 Å². The number of hydrogen-bond acceptors (Lipinski definition) is 2. The van der Waals surface area contributed by atoms with E-state index in [9.17, 15) is 8.78 Å². The lowest BCUT2D eigenvalue weighted by molar-refractivity contribution is 0.586. The van der Waals surface area contributed by atoms with Crippen LogP contribution in [0, 0.1) is 23.0 Å². The summed E-state index contributed by atoms with van der Waals surface area (Å²) in [7, 11) is 0. The summed E-state index contributed by atoms with van der Waals surface area (Å²) in [6.07, 6.45) is 0. The van der Waals surface area contributed by atoms with Crippen LogP contribution in [0.3, 0.4) is 0 Å². The van der Waals surface area contributed by atoms with Crippen LogP contribution in [0.1, 0.15) is 11.1 Å². The number of nitrogens with zero attached hydrogens (tertiary/aromatic N) is 1. The second kappa shape index (κ2) is 5.81. The highest BCUT2D eigenvalue weighted by molar-refractivity contribution is 9.10. The first-order valence-corrected chi connectivity index (χ1v) is 6.27. The van der Waals surface area contributed by atoms with E-state index in [1.54, 1.807) is 24.3 Å². The fourth-order valence-corrected chi connectivity index (χ4v) is 2.05. The molecule has 1 N–H and O–H groups in total. The molecule has 5 heteroatoms. The molecule has 2 aromatic carbocycles. The Kier molecular flexibility index (Phi) is 4.13. The zero-order valence-corrected chi connectivity index (χ0v) is 11.3. The summed E-state index contributed by atoms with van der Waals surface area (Å²) < 4.78 is 27.5. The van der Waals surface area contributed by atoms with Crippen LogP contribution in [-0.2, 0) is 6.54 Å². The van der Waals surface area contributed by atoms with Gasteiger partial charge in [0.2, 0.25) is 0 Å². The predicted molar refractivity (Wildman–Crippen MR) is 72.5 cm³/mol. The van der Waals surface area contributed by atoms with Crippen molar-refractivity contribution in [3.63, 3.8) is 0 Å². The molecule has 0 bridgehead atoms. The van der Waals surface area contributed by atoms with Gasteiger partial charge < -0.3 is 5.32 Å². The number of benzene rings is 2. The van der Waals surface area contributed by atoms with E-state index in [1.807, 2.05) is 6.07 Å². The van der Waals surface area contributed by atoms with Gasteiger partial charge in [0.25, 0.3) is 0 Å². The van der Waals surface area contributed by atoms with E-state index < -0.39 is 11.6 Å². The number of nitriles is 1. The highest BCUT2D eigenvalue weighted by atomic mass is 79.9. The van der Waals surface area contributed by atoms with E-state index in [-0.39, 0.29) is 12.2 Å². The molecule has 0 heterocycles. The van der Waals surface area contributed by atoms with Crippen molar-refractivity contribution in [3.8, 4) is 6.07 Å². The van der Waals surface area contributed by atoms with E-state index in [0.717, 1.165) is 5.56 Å². The van der Waals surface area contributed by atoms with Crippen molar-refractivity contribution in [1.29, 1.82) is 5.26 Å². The molecule has 0 spiro atoms. The van der Waals surface area contributed by atoms with Crippen molar-refractivity contribution in [2.75, 3.05) is 5.32 Å². The molecule has 0 aromatic heterocycles. The van der Waals surface area contributed by atoms with Crippen molar-refractivity contribution in [2.45, 2.75) is 6.54 Å². The summed E-state index contributed by atoms with van der Waals surface area (Å²) in [4.78, 5) is 0. The Labute approximate surface area is 117 Å². The van der Waals surface area contributed by atoms with Crippen LogP contribution in [0.15, 0.2) is 40.9 Å². The summed E-state index contributed by atoms with van der Waals surface area (Å²) in [5, 5.41) is 11.5. The van der Waals surface area contributed by atoms with E-state index in [0.29, 0.717) is 10.0 Å². The Balaban J connectivity index is 2.17. The number of anilines is 1. The Hall–Kier alpha value is -1.93. The van der Waals surface area contributed by atoms with Crippen LogP contribution < -0.4 is 5.32 Å². The molecule has 0 atom stereocenters. The molecule has 0 amide bonds. The molecule has 19 heavy (non-hydrogen) atoms. The smallest absolute Gasteiger partial charge is 0.150 e. The van der Waals surface area contributed by atoms with Gasteiger partial charge in [-0.2, -0.15) is 5.26 Å². The molecule has 2 rings (SSSR count). The van der Waals surface area contributed by atoms with Crippen molar-refractivity contribution < 1.29 is 8.78 Å². The van der Waals surface area contributed by atoms with Crippen molar-refractivity contribution in [2.24, 2.45) is 0 Å². The normalized spacial score (nSPS) is 10.0. The largest absolute Gasteiger partial charge is 0.376 e. The minimum atomic E-state index is -0.664. The first kappa shape index (κ1) is 13.5. The molecule has 96 valence electrons. The zero-order chi connectivity index (χ0) is 13.8. The zero-order valence-electron chi connectivity index (χ0n) is 9.75. The van der Waals surface area contributed by atoms with Crippen LogP contribution in [0.5, 0.6) is 0 Å². The maximum Gasteiger partial charge on any atom is 0.150 e. The minimum Gasteiger partial charge on any atom is -0.376 e. The fourth-order valence-electron chi connectivity index (χ4n) is 1.65. The molecule has 2 aromatic rings. The quantitative estimate of drug-likeness (QED) is 0.918. The Morgan fingerprint density at radius 2 is 1.84 bits per heavy atom. The average Bonchev–Trinajstić information content (AvgIpc) is 2.37. The third kappa shape index (κ3) is 3.30. The third-order valence-corrected chi connectivity index (χ3v) is 2.99. The molecule has 0 aliphatic heterocycles. The lowest BCUT2D eigenvalue weighted by Gasteiger charge is -2.09. The number of rotatable bonds is 3. The summed E-state index contributed by atoms with van der Waals surface area (Å²) in [5.41, 5.74) is 1.11. The third-order valence-electron chi connectivity index (χ3n) is 2.53. The van der Waals surface area contributed by atoms with Crippen molar-refractivity contribution in [3.05, 3.63) is 63.6 Å². The number of hydrogen-bond donors (Lipinski definition) is 1. The first-order valence-electron chi connectivity index (χ1n) is 5.47. The lowest BCUT2D eigenvalue weighted by Crippen LogP contribution is -2.04. The molecule has 0 aliphatic rings. The Morgan fingerprint density at radius 1 is 1.16 bits per heavy atom. The SMILES string of the molecule is N#Cc1cccc(CNc2c(F)cc(Br)cc2F)c1. The molecule has 0 fully saturated rings. The van der Waals surface area contributed by atoms with E-state index >= 15 is 0 Å². The van der Waals surface area contributed by atoms with Gasteiger partial charge in [-0.1, -0.05) is 28.1 Å². The molecule has 0 unspecified atom stereocenters. The second-order valence-electron chi connectivity index (χ2n) is 3.91. The van der Waals surface area contributed by atoms with Gasteiger partial charge in [0.1, 0.15) is 17.3 Å². The maximum atomic E-state index is 13.6. The van der Waals surface area contributed by atoms with Crippen LogP contribution in [-0.4, -0.2) is 0 Å². The van der Waals surface area contributed by atoms with Crippen LogP contribution >= 0.6 is 15.9 Å². The highest BCUT2D eigenvalue weighted by Gasteiger charge is 2.10. The molecule has 0 saturated carbocycles. The molecular formula is C14H9BrF2N2. The van der Waals surface area contributed by atoms with Crippen molar-refractivity contribution in [1.82, 2.24) is 0 Å².